The van der Waals surface area contributed by atoms with E-state index in [2.05, 4.69) is 52.5 Å². The SMILES string of the molecule is CCCC(CC)n1c(CCCl)nc2cc(Br)ccc21. The van der Waals surface area contributed by atoms with Crippen molar-refractivity contribution in [3.05, 3.63) is 28.5 Å². The van der Waals surface area contributed by atoms with Crippen LogP contribution in [-0.4, -0.2) is 15.4 Å². The molecule has 0 aliphatic heterocycles. The van der Waals surface area contributed by atoms with Gasteiger partial charge in [0.05, 0.1) is 11.0 Å². The van der Waals surface area contributed by atoms with Crippen LogP contribution in [0.15, 0.2) is 22.7 Å². The molecule has 2 rings (SSSR count). The van der Waals surface area contributed by atoms with Crippen molar-refractivity contribution in [1.29, 1.82) is 0 Å². The number of hydrogen-bond donors (Lipinski definition) is 0. The highest BCUT2D eigenvalue weighted by Crippen LogP contribution is 2.28. The van der Waals surface area contributed by atoms with Gasteiger partial charge in [-0.3, -0.25) is 0 Å². The Kier molecular flexibility index (Phi) is 5.28. The Labute approximate surface area is 128 Å². The molecule has 0 amide bonds. The number of nitrogens with zero attached hydrogens (tertiary/aromatic N) is 2. The maximum absolute atomic E-state index is 5.93. The van der Waals surface area contributed by atoms with Crippen molar-refractivity contribution in [2.75, 3.05) is 5.88 Å². The van der Waals surface area contributed by atoms with Crippen LogP contribution in [0.3, 0.4) is 0 Å². The molecule has 0 spiro atoms. The first-order valence-corrected chi connectivity index (χ1v) is 8.26. The van der Waals surface area contributed by atoms with Crippen molar-refractivity contribution in [2.24, 2.45) is 0 Å². The van der Waals surface area contributed by atoms with Crippen molar-refractivity contribution >= 4 is 38.6 Å². The largest absolute Gasteiger partial charge is 0.325 e. The average Bonchev–Trinajstić information content (AvgIpc) is 2.73. The van der Waals surface area contributed by atoms with E-state index in [1.807, 2.05) is 0 Å². The molecule has 0 aliphatic carbocycles. The van der Waals surface area contributed by atoms with Crippen molar-refractivity contribution in [2.45, 2.75) is 45.6 Å². The lowest BCUT2D eigenvalue weighted by Gasteiger charge is -2.19. The molecule has 4 heteroatoms. The first-order valence-electron chi connectivity index (χ1n) is 6.93. The van der Waals surface area contributed by atoms with E-state index in [1.54, 1.807) is 0 Å². The standard InChI is InChI=1S/C15H20BrClN2/c1-3-5-12(4-2)19-14-7-6-11(16)10-13(14)18-15(19)8-9-17/h6-7,10,12H,3-5,8-9H2,1-2H3. The van der Waals surface area contributed by atoms with Gasteiger partial charge in [0.1, 0.15) is 5.82 Å². The summed E-state index contributed by atoms with van der Waals surface area (Å²) in [5.74, 6) is 1.73. The minimum Gasteiger partial charge on any atom is -0.325 e. The molecule has 1 aromatic heterocycles. The second kappa shape index (κ2) is 6.76. The summed E-state index contributed by atoms with van der Waals surface area (Å²) in [4.78, 5) is 4.76. The molecule has 0 radical (unpaired) electrons. The lowest BCUT2D eigenvalue weighted by Crippen LogP contribution is -2.12. The minimum absolute atomic E-state index is 0.523. The third-order valence-electron chi connectivity index (χ3n) is 3.50. The van der Waals surface area contributed by atoms with Crippen LogP contribution in [0.5, 0.6) is 0 Å². The number of aryl methyl sites for hydroxylation is 1. The normalized spacial score (nSPS) is 13.1. The van der Waals surface area contributed by atoms with Crippen LogP contribution in [0.1, 0.15) is 45.0 Å². The Hall–Kier alpha value is -0.540. The Morgan fingerprint density at radius 1 is 1.37 bits per heavy atom. The molecule has 0 fully saturated rings. The number of aromatic nitrogens is 2. The highest BCUT2D eigenvalue weighted by molar-refractivity contribution is 9.10. The number of imidazole rings is 1. The van der Waals surface area contributed by atoms with Gasteiger partial charge in [-0.05, 0) is 31.0 Å². The summed E-state index contributed by atoms with van der Waals surface area (Å²) in [6.45, 7) is 4.48. The minimum atomic E-state index is 0.523. The molecule has 1 aromatic carbocycles. The quantitative estimate of drug-likeness (QED) is 0.648. The molecule has 1 atom stereocenters. The molecule has 1 heterocycles. The molecule has 0 bridgehead atoms. The van der Waals surface area contributed by atoms with Gasteiger partial charge in [0.2, 0.25) is 0 Å². The smallest absolute Gasteiger partial charge is 0.111 e. The van der Waals surface area contributed by atoms with Gasteiger partial charge in [-0.2, -0.15) is 0 Å². The number of benzene rings is 1. The number of halogens is 2. The van der Waals surface area contributed by atoms with E-state index in [0.29, 0.717) is 11.9 Å². The summed E-state index contributed by atoms with van der Waals surface area (Å²) in [5.41, 5.74) is 2.28. The fourth-order valence-electron chi connectivity index (χ4n) is 2.64. The van der Waals surface area contributed by atoms with E-state index in [9.17, 15) is 0 Å². The fourth-order valence-corrected chi connectivity index (χ4v) is 3.16. The number of rotatable bonds is 6. The molecule has 1 unspecified atom stereocenters. The maximum Gasteiger partial charge on any atom is 0.111 e. The predicted molar refractivity (Wildman–Crippen MR) is 86.1 cm³/mol. The zero-order valence-electron chi connectivity index (χ0n) is 11.5. The summed E-state index contributed by atoms with van der Waals surface area (Å²) in [5, 5.41) is 0. The summed E-state index contributed by atoms with van der Waals surface area (Å²) >= 11 is 9.44. The molecule has 0 saturated carbocycles. The molecule has 104 valence electrons. The molecular weight excluding hydrogens is 324 g/mol. The summed E-state index contributed by atoms with van der Waals surface area (Å²) in [7, 11) is 0. The van der Waals surface area contributed by atoms with Gasteiger partial charge in [0.25, 0.3) is 0 Å². The summed E-state index contributed by atoms with van der Waals surface area (Å²) < 4.78 is 3.47. The van der Waals surface area contributed by atoms with Crippen LogP contribution in [0.25, 0.3) is 11.0 Å². The van der Waals surface area contributed by atoms with Gasteiger partial charge in [-0.25, -0.2) is 4.98 Å². The van der Waals surface area contributed by atoms with E-state index in [1.165, 1.54) is 18.4 Å². The van der Waals surface area contributed by atoms with E-state index < -0.39 is 0 Å². The molecule has 0 aliphatic rings. The van der Waals surface area contributed by atoms with Gasteiger partial charge < -0.3 is 4.57 Å². The summed E-state index contributed by atoms with van der Waals surface area (Å²) in [6, 6.07) is 6.85. The zero-order valence-corrected chi connectivity index (χ0v) is 13.8. The van der Waals surface area contributed by atoms with E-state index in [4.69, 9.17) is 16.6 Å². The topological polar surface area (TPSA) is 17.8 Å². The average molecular weight is 344 g/mol. The zero-order chi connectivity index (χ0) is 13.8. The molecule has 0 N–H and O–H groups in total. The lowest BCUT2D eigenvalue weighted by atomic mass is 10.1. The monoisotopic (exact) mass is 342 g/mol. The van der Waals surface area contributed by atoms with Crippen LogP contribution in [0, 0.1) is 0 Å². The molecule has 0 saturated heterocycles. The van der Waals surface area contributed by atoms with Crippen LogP contribution in [0.4, 0.5) is 0 Å². The Bertz CT molecular complexity index is 550. The Morgan fingerprint density at radius 2 is 2.16 bits per heavy atom. The van der Waals surface area contributed by atoms with Crippen LogP contribution in [-0.2, 0) is 6.42 Å². The lowest BCUT2D eigenvalue weighted by molar-refractivity contribution is 0.445. The van der Waals surface area contributed by atoms with Gasteiger partial charge >= 0.3 is 0 Å². The molecule has 2 aromatic rings. The third-order valence-corrected chi connectivity index (χ3v) is 4.18. The van der Waals surface area contributed by atoms with Crippen molar-refractivity contribution in [3.63, 3.8) is 0 Å². The highest BCUT2D eigenvalue weighted by Gasteiger charge is 2.17. The van der Waals surface area contributed by atoms with E-state index in [-0.39, 0.29) is 0 Å². The van der Waals surface area contributed by atoms with Crippen molar-refractivity contribution in [3.8, 4) is 0 Å². The molecule has 2 nitrogen and oxygen atoms in total. The number of fused-ring (bicyclic) bond motifs is 1. The third kappa shape index (κ3) is 3.14. The highest BCUT2D eigenvalue weighted by atomic mass is 79.9. The van der Waals surface area contributed by atoms with Crippen molar-refractivity contribution in [1.82, 2.24) is 9.55 Å². The molecule has 19 heavy (non-hydrogen) atoms. The number of alkyl halides is 1. The van der Waals surface area contributed by atoms with Crippen LogP contribution < -0.4 is 0 Å². The maximum atomic E-state index is 5.93. The second-order valence-corrected chi connectivity index (χ2v) is 6.11. The van der Waals surface area contributed by atoms with Gasteiger partial charge in [0.15, 0.2) is 0 Å². The van der Waals surface area contributed by atoms with Crippen molar-refractivity contribution < 1.29 is 0 Å². The van der Waals surface area contributed by atoms with Gasteiger partial charge in [0, 0.05) is 22.8 Å². The fraction of sp³-hybridized carbons (Fsp3) is 0.533. The van der Waals surface area contributed by atoms with E-state index >= 15 is 0 Å². The summed E-state index contributed by atoms with van der Waals surface area (Å²) in [6.07, 6.45) is 4.33. The first-order chi connectivity index (χ1) is 9.21. The Morgan fingerprint density at radius 3 is 2.79 bits per heavy atom. The predicted octanol–water partition coefficient (Wildman–Crippen LogP) is 5.33. The van der Waals surface area contributed by atoms with Crippen LogP contribution >= 0.6 is 27.5 Å². The van der Waals surface area contributed by atoms with Crippen LogP contribution in [0.2, 0.25) is 0 Å². The second-order valence-electron chi connectivity index (χ2n) is 4.82. The molecular formula is C15H20BrClN2. The van der Waals surface area contributed by atoms with Gasteiger partial charge in [-0.1, -0.05) is 36.2 Å². The van der Waals surface area contributed by atoms with E-state index in [0.717, 1.165) is 28.7 Å². The number of hydrogen-bond acceptors (Lipinski definition) is 1. The Balaban J connectivity index is 2.56. The first kappa shape index (κ1) is 14.9. The van der Waals surface area contributed by atoms with Gasteiger partial charge in [-0.15, -0.1) is 11.6 Å².